The third-order valence-electron chi connectivity index (χ3n) is 10.2. The van der Waals surface area contributed by atoms with Crippen LogP contribution in [0.25, 0.3) is 17.4 Å². The van der Waals surface area contributed by atoms with E-state index in [1.165, 1.54) is 12.1 Å². The summed E-state index contributed by atoms with van der Waals surface area (Å²) in [6, 6.07) is 12.3. The first-order valence-corrected chi connectivity index (χ1v) is 22.6. The summed E-state index contributed by atoms with van der Waals surface area (Å²) in [5.41, 5.74) is 2.51. The number of hydrogen-bond acceptors (Lipinski definition) is 11. The molecule has 326 valence electrons. The second-order valence-electron chi connectivity index (χ2n) is 15.6. The van der Waals surface area contributed by atoms with Gasteiger partial charge in [0.05, 0.1) is 43.1 Å². The smallest absolute Gasteiger partial charge is 0.303 e. The van der Waals surface area contributed by atoms with Gasteiger partial charge in [0.1, 0.15) is 24.7 Å². The van der Waals surface area contributed by atoms with Gasteiger partial charge in [-0.25, -0.2) is 4.58 Å². The lowest BCUT2D eigenvalue weighted by Crippen LogP contribution is -2.36. The number of rotatable bonds is 23. The van der Waals surface area contributed by atoms with Gasteiger partial charge in [-0.15, -0.1) is 0 Å². The van der Waals surface area contributed by atoms with Crippen LogP contribution in [-0.4, -0.2) is 116 Å². The van der Waals surface area contributed by atoms with Crippen LogP contribution in [0.3, 0.4) is 0 Å². The molecule has 0 amide bonds. The number of ether oxygens (including phenoxy) is 4. The van der Waals surface area contributed by atoms with Crippen molar-refractivity contribution >= 4 is 38.0 Å². The lowest BCUT2D eigenvalue weighted by molar-refractivity contribution is -0.137. The Hall–Kier alpha value is -3.94. The zero-order chi connectivity index (χ0) is 43.4. The van der Waals surface area contributed by atoms with Crippen molar-refractivity contribution in [2.24, 2.45) is 0 Å². The molecule has 0 spiro atoms. The van der Waals surface area contributed by atoms with E-state index in [0.717, 1.165) is 16.5 Å². The average molecular weight is 864 g/mol. The van der Waals surface area contributed by atoms with Crippen LogP contribution in [0, 0.1) is 0 Å². The van der Waals surface area contributed by atoms with Crippen molar-refractivity contribution in [3.05, 3.63) is 82.6 Å². The van der Waals surface area contributed by atoms with Gasteiger partial charge in [-0.05, 0) is 85.2 Å². The maximum Gasteiger partial charge on any atom is 0.303 e. The number of carbonyl (C=O) groups is 1. The third-order valence-corrected chi connectivity index (χ3v) is 11.8. The molecule has 1 aromatic carbocycles. The van der Waals surface area contributed by atoms with Gasteiger partial charge < -0.3 is 33.4 Å². The predicted octanol–water partition coefficient (Wildman–Crippen LogP) is 5.23. The van der Waals surface area contributed by atoms with Crippen LogP contribution in [0.2, 0.25) is 0 Å². The fourth-order valence-electron chi connectivity index (χ4n) is 7.23. The molecule has 2 aliphatic heterocycles. The van der Waals surface area contributed by atoms with E-state index in [1.54, 1.807) is 32.4 Å². The topological polar surface area (TPSA) is 202 Å². The number of fused-ring (bicyclic) bond motifs is 2. The number of methoxy groups -OCH3 is 2. The van der Waals surface area contributed by atoms with Crippen LogP contribution < -0.4 is 14.8 Å². The summed E-state index contributed by atoms with van der Waals surface area (Å²) in [6.07, 6.45) is 5.85. The molecular formula is C42H59N2O13S2+. The summed E-state index contributed by atoms with van der Waals surface area (Å²) in [4.78, 5) is 13.1. The number of hydrogen-bond donors (Lipinski definition) is 3. The van der Waals surface area contributed by atoms with Crippen molar-refractivity contribution in [1.82, 2.24) is 4.58 Å². The van der Waals surface area contributed by atoms with Gasteiger partial charge in [-0.1, -0.05) is 26.8 Å². The normalized spacial score (nSPS) is 16.7. The van der Waals surface area contributed by atoms with Crippen LogP contribution in [0.5, 0.6) is 0 Å². The Balaban J connectivity index is 1.84. The second-order valence-corrected chi connectivity index (χ2v) is 18.6. The van der Waals surface area contributed by atoms with E-state index in [2.05, 4.69) is 37.5 Å². The zero-order valence-corrected chi connectivity index (χ0v) is 36.4. The molecular weight excluding hydrogens is 805 g/mol. The predicted molar refractivity (Wildman–Crippen MR) is 225 cm³/mol. The van der Waals surface area contributed by atoms with Crippen LogP contribution in [-0.2, 0) is 54.8 Å². The van der Waals surface area contributed by atoms with Crippen molar-refractivity contribution in [2.45, 2.75) is 69.1 Å². The van der Waals surface area contributed by atoms with Gasteiger partial charge >= 0.3 is 5.97 Å². The summed E-state index contributed by atoms with van der Waals surface area (Å²) in [5.74, 6) is -0.292. The van der Waals surface area contributed by atoms with E-state index in [1.807, 2.05) is 30.0 Å². The monoisotopic (exact) mass is 863 g/mol. The summed E-state index contributed by atoms with van der Waals surface area (Å²) < 4.78 is 97.8. The van der Waals surface area contributed by atoms with Crippen molar-refractivity contribution in [2.75, 3.05) is 84.1 Å². The highest BCUT2D eigenvalue weighted by Crippen LogP contribution is 2.51. The van der Waals surface area contributed by atoms with Gasteiger partial charge in [-0.3, -0.25) is 13.9 Å². The minimum Gasteiger partial charge on any atom is -0.481 e. The average Bonchev–Trinajstić information content (AvgIpc) is 3.37. The number of allylic oxidation sites excluding steroid dienone is 3. The molecule has 15 nitrogen and oxygen atoms in total. The van der Waals surface area contributed by atoms with Crippen molar-refractivity contribution in [3.63, 3.8) is 0 Å². The first kappa shape index (κ1) is 47.7. The number of anilines is 1. The summed E-state index contributed by atoms with van der Waals surface area (Å²) in [5, 5.41) is 10.4. The molecule has 0 radical (unpaired) electrons. The van der Waals surface area contributed by atoms with E-state index >= 15 is 0 Å². The van der Waals surface area contributed by atoms with Crippen molar-refractivity contribution in [1.29, 1.82) is 0 Å². The molecule has 4 rings (SSSR count). The molecule has 0 saturated carbocycles. The van der Waals surface area contributed by atoms with E-state index in [0.29, 0.717) is 87.6 Å². The molecule has 1 unspecified atom stereocenters. The maximum absolute atomic E-state index is 12.2. The SMILES string of the molecule is COCCOCC[N+](CCOCCOC)=c1ccc2c(C(C)(C)C)cc(C=CC=C3N(CCCS(=O)(=O)O)c4ccc(S(=O)(=O)O)cc4C3(C)CCCC(=O)O)oc-2c1. The van der Waals surface area contributed by atoms with Crippen molar-refractivity contribution in [3.8, 4) is 11.3 Å². The van der Waals surface area contributed by atoms with E-state index in [9.17, 15) is 35.8 Å². The Morgan fingerprint density at radius 1 is 0.898 bits per heavy atom. The lowest BCUT2D eigenvalue weighted by atomic mass is 9.77. The number of nitrogens with zero attached hydrogens (tertiary/aromatic N) is 2. The molecule has 0 aromatic heterocycles. The fourth-order valence-corrected chi connectivity index (χ4v) is 8.23. The first-order chi connectivity index (χ1) is 27.8. The Morgan fingerprint density at radius 2 is 1.56 bits per heavy atom. The minimum atomic E-state index is -4.59. The van der Waals surface area contributed by atoms with Gasteiger partial charge in [0, 0.05) is 55.6 Å². The Bertz CT molecular complexity index is 2210. The quantitative estimate of drug-likeness (QED) is 0.0635. The molecule has 59 heavy (non-hydrogen) atoms. The summed E-state index contributed by atoms with van der Waals surface area (Å²) in [6.45, 7) is 12.5. The molecule has 0 bridgehead atoms. The Kier molecular flexibility index (Phi) is 17.0. The summed E-state index contributed by atoms with van der Waals surface area (Å²) >= 11 is 0. The molecule has 1 aliphatic carbocycles. The number of carboxylic acids is 1. The summed E-state index contributed by atoms with van der Waals surface area (Å²) in [7, 11) is -5.61. The standard InChI is InChI=1S/C42H58N2O13S2/c1-41(2,3)35-29-32(57-38-28-31(13-15-34(35)38)43(19-21-55-25-23-53-5)20-22-56-26-24-54-6)10-7-11-39-42(4,17-8-12-40(45)46)36-30-33(59(50,51)52)14-16-37(36)44(39)18-9-27-58(47,48)49/h7,10-11,13-16,28-30H,8-9,12,17-27H2,1-6H3,(H2-,45,46,47,48,49,50,51,52)/p+1. The molecule has 2 heterocycles. The number of aliphatic carboxylic acids is 1. The van der Waals surface area contributed by atoms with Gasteiger partial charge in [0.25, 0.3) is 20.2 Å². The zero-order valence-electron chi connectivity index (χ0n) is 34.8. The molecule has 1 aromatic rings. The van der Waals surface area contributed by atoms with Gasteiger partial charge in [0.15, 0.2) is 13.1 Å². The highest BCUT2D eigenvalue weighted by molar-refractivity contribution is 7.86. The van der Waals surface area contributed by atoms with Crippen LogP contribution in [0.1, 0.15) is 70.3 Å². The van der Waals surface area contributed by atoms with Crippen LogP contribution in [0.4, 0.5) is 5.69 Å². The Morgan fingerprint density at radius 3 is 2.14 bits per heavy atom. The highest BCUT2D eigenvalue weighted by atomic mass is 32.2. The highest BCUT2D eigenvalue weighted by Gasteiger charge is 2.43. The van der Waals surface area contributed by atoms with E-state index in [4.69, 9.17) is 23.4 Å². The number of benzene rings is 2. The third kappa shape index (κ3) is 13.5. The molecule has 3 aliphatic rings. The van der Waals surface area contributed by atoms with Crippen LogP contribution in [0.15, 0.2) is 69.6 Å². The molecule has 3 N–H and O–H groups in total. The largest absolute Gasteiger partial charge is 0.481 e. The van der Waals surface area contributed by atoms with Gasteiger partial charge in [-0.2, -0.15) is 16.8 Å². The van der Waals surface area contributed by atoms with Crippen molar-refractivity contribution < 1.29 is 59.2 Å². The first-order valence-electron chi connectivity index (χ1n) is 19.5. The maximum atomic E-state index is 12.2. The number of carboxylic acid groups (broad SMARTS) is 1. The van der Waals surface area contributed by atoms with Crippen LogP contribution >= 0.6 is 0 Å². The molecule has 1 atom stereocenters. The second kappa shape index (κ2) is 21.0. The molecule has 0 fully saturated rings. The Labute approximate surface area is 347 Å². The van der Waals surface area contributed by atoms with Gasteiger partial charge in [0.2, 0.25) is 5.36 Å². The lowest BCUT2D eigenvalue weighted by Gasteiger charge is -2.30. The minimum absolute atomic E-state index is 0.0391. The van der Waals surface area contributed by atoms with E-state index < -0.39 is 37.4 Å². The molecule has 17 heteroatoms. The fraction of sp³-hybridized carbons (Fsp3) is 0.524. The molecule has 0 saturated heterocycles. The van der Waals surface area contributed by atoms with E-state index in [-0.39, 0.29) is 36.1 Å².